The van der Waals surface area contributed by atoms with Crippen LogP contribution < -0.4 is 10.6 Å². The second kappa shape index (κ2) is 5.92. The molecule has 2 atom stereocenters. The van der Waals surface area contributed by atoms with Crippen LogP contribution in [0, 0.1) is 27.4 Å². The number of nitro groups is 1. The summed E-state index contributed by atoms with van der Waals surface area (Å²) in [6.45, 7) is 4.49. The van der Waals surface area contributed by atoms with Gasteiger partial charge >= 0.3 is 0 Å². The zero-order chi connectivity index (χ0) is 18.4. The van der Waals surface area contributed by atoms with E-state index in [4.69, 9.17) is 5.14 Å². The Morgan fingerprint density at radius 1 is 1.44 bits per heavy atom. The van der Waals surface area contributed by atoms with Crippen molar-refractivity contribution >= 4 is 27.6 Å². The molecule has 2 bridgehead atoms. The Bertz CT molecular complexity index is 889. The van der Waals surface area contributed by atoms with Crippen molar-refractivity contribution in [2.24, 2.45) is 27.5 Å². The number of allylic oxidation sites excluding steroid dienone is 2. The normalized spacial score (nSPS) is 24.5. The highest BCUT2D eigenvalue weighted by Crippen LogP contribution is 2.58. The molecule has 0 radical (unpaired) electrons. The highest BCUT2D eigenvalue weighted by atomic mass is 32.2. The van der Waals surface area contributed by atoms with Crippen molar-refractivity contribution in [3.63, 3.8) is 0 Å². The topological polar surface area (TPSA) is 128 Å². The summed E-state index contributed by atoms with van der Waals surface area (Å²) < 4.78 is 22.7. The molecule has 1 fully saturated rings. The molecule has 3 aliphatic carbocycles. The van der Waals surface area contributed by atoms with E-state index in [-0.39, 0.29) is 16.0 Å². The van der Waals surface area contributed by atoms with Gasteiger partial charge in [-0.3, -0.25) is 15.5 Å². The Hall–Kier alpha value is -2.26. The highest BCUT2D eigenvalue weighted by molar-refractivity contribution is 7.89. The first-order chi connectivity index (χ1) is 11.6. The van der Waals surface area contributed by atoms with Gasteiger partial charge in [0.2, 0.25) is 10.0 Å². The van der Waals surface area contributed by atoms with Crippen LogP contribution in [0.25, 0.3) is 0 Å². The molecule has 0 spiro atoms. The Labute approximate surface area is 146 Å². The largest absolute Gasteiger partial charge is 0.295 e. The first kappa shape index (κ1) is 17.6. The van der Waals surface area contributed by atoms with Gasteiger partial charge in [-0.15, -0.1) is 0 Å². The summed E-state index contributed by atoms with van der Waals surface area (Å²) in [7, 11) is -4.01. The molecule has 8 nitrogen and oxygen atoms in total. The lowest BCUT2D eigenvalue weighted by atomic mass is 9.49. The number of nitrogens with two attached hydrogens (primary N) is 1. The van der Waals surface area contributed by atoms with Crippen molar-refractivity contribution in [3.8, 4) is 0 Å². The average Bonchev–Trinajstić information content (AvgIpc) is 2.53. The van der Waals surface area contributed by atoms with Crippen LogP contribution in [0.1, 0.15) is 26.7 Å². The van der Waals surface area contributed by atoms with Crippen LogP contribution in [0.3, 0.4) is 0 Å². The number of hydrazone groups is 1. The fourth-order valence-corrected chi connectivity index (χ4v) is 4.19. The Kier molecular flexibility index (Phi) is 4.16. The number of hydrogen-bond donors (Lipinski definition) is 2. The van der Waals surface area contributed by atoms with Gasteiger partial charge in [-0.1, -0.05) is 19.9 Å². The summed E-state index contributed by atoms with van der Waals surface area (Å²) in [6, 6.07) is 3.42. The van der Waals surface area contributed by atoms with Crippen LogP contribution in [-0.4, -0.2) is 19.6 Å². The average molecular weight is 364 g/mol. The minimum atomic E-state index is -4.01. The molecule has 9 heteroatoms. The lowest BCUT2D eigenvalue weighted by Crippen LogP contribution is -2.48. The van der Waals surface area contributed by atoms with Crippen LogP contribution in [0.2, 0.25) is 0 Å². The van der Waals surface area contributed by atoms with Crippen molar-refractivity contribution in [3.05, 3.63) is 40.0 Å². The van der Waals surface area contributed by atoms with E-state index in [1.165, 1.54) is 12.1 Å². The molecular weight excluding hydrogens is 344 g/mol. The van der Waals surface area contributed by atoms with E-state index in [0.717, 1.165) is 30.4 Å². The van der Waals surface area contributed by atoms with E-state index < -0.39 is 20.6 Å². The van der Waals surface area contributed by atoms with Gasteiger partial charge in [0.25, 0.3) is 5.69 Å². The summed E-state index contributed by atoms with van der Waals surface area (Å²) in [6.07, 6.45) is 6.02. The summed E-state index contributed by atoms with van der Waals surface area (Å²) >= 11 is 0. The molecule has 2 unspecified atom stereocenters. The number of hydrogen-bond acceptors (Lipinski definition) is 6. The van der Waals surface area contributed by atoms with Gasteiger partial charge in [-0.2, -0.15) is 5.10 Å². The zero-order valence-corrected chi connectivity index (χ0v) is 14.8. The molecule has 134 valence electrons. The molecule has 1 saturated carbocycles. The van der Waals surface area contributed by atoms with Crippen molar-refractivity contribution in [1.29, 1.82) is 0 Å². The molecule has 1 aromatic carbocycles. The molecule has 0 aromatic heterocycles. The Morgan fingerprint density at radius 2 is 2.16 bits per heavy atom. The molecular formula is C16H20N4O4S. The van der Waals surface area contributed by atoms with Gasteiger partial charge < -0.3 is 0 Å². The number of rotatable bonds is 5. The van der Waals surface area contributed by atoms with Gasteiger partial charge in [0, 0.05) is 6.07 Å². The predicted octanol–water partition coefficient (Wildman–Crippen LogP) is 2.63. The molecule has 4 rings (SSSR count). The van der Waals surface area contributed by atoms with Crippen LogP contribution in [0.5, 0.6) is 0 Å². The Morgan fingerprint density at radius 3 is 2.72 bits per heavy atom. The maximum absolute atomic E-state index is 11.3. The lowest BCUT2D eigenvalue weighted by Gasteiger charge is -2.55. The molecule has 0 saturated heterocycles. The number of anilines is 1. The second-order valence-electron chi connectivity index (χ2n) is 7.10. The summed E-state index contributed by atoms with van der Waals surface area (Å²) in [4.78, 5) is 10.2. The van der Waals surface area contributed by atoms with Crippen LogP contribution in [-0.2, 0) is 10.0 Å². The minimum Gasteiger partial charge on any atom is -0.272 e. The standard InChI is InChI=1S/C16H20N4O4S/c1-16(2)11-4-3-10(13(16)7-11)9-18-19-14-6-5-12(25(17,23)24)8-15(14)20(21)22/h3,5-6,8-9,11,13,19H,4,7H2,1-2H3,(H2,17,23,24). The first-order valence-corrected chi connectivity index (χ1v) is 9.45. The second-order valence-corrected chi connectivity index (χ2v) is 8.66. The molecule has 0 aliphatic heterocycles. The van der Waals surface area contributed by atoms with Gasteiger partial charge in [0.1, 0.15) is 5.69 Å². The zero-order valence-electron chi connectivity index (χ0n) is 14.0. The van der Waals surface area contributed by atoms with Crippen LogP contribution >= 0.6 is 0 Å². The maximum atomic E-state index is 11.3. The fourth-order valence-electron chi connectivity index (χ4n) is 3.66. The molecule has 3 N–H and O–H groups in total. The van der Waals surface area contributed by atoms with Gasteiger partial charge in [0.15, 0.2) is 0 Å². The van der Waals surface area contributed by atoms with E-state index in [1.54, 1.807) is 6.21 Å². The molecule has 0 amide bonds. The van der Waals surface area contributed by atoms with E-state index in [2.05, 4.69) is 30.5 Å². The number of sulfonamides is 1. The number of primary sulfonamides is 1. The van der Waals surface area contributed by atoms with Crippen LogP contribution in [0.15, 0.2) is 39.8 Å². The summed E-state index contributed by atoms with van der Waals surface area (Å²) in [5.41, 5.74) is 3.74. The van der Waals surface area contributed by atoms with Crippen molar-refractivity contribution < 1.29 is 13.3 Å². The fraction of sp³-hybridized carbons (Fsp3) is 0.438. The summed E-state index contributed by atoms with van der Waals surface area (Å²) in [5.74, 6) is 1.17. The molecule has 0 heterocycles. The number of nitro benzene ring substituents is 1. The van der Waals surface area contributed by atoms with Gasteiger partial charge in [0.05, 0.1) is 16.0 Å². The van der Waals surface area contributed by atoms with E-state index in [1.807, 2.05) is 0 Å². The molecule has 1 aromatic rings. The SMILES string of the molecule is CC1(C)C2CC=C(C=NNc3ccc(S(N)(=O)=O)cc3[N+](=O)[O-])C1C2. The Balaban J connectivity index is 1.79. The van der Waals surface area contributed by atoms with E-state index >= 15 is 0 Å². The third kappa shape index (κ3) is 3.16. The van der Waals surface area contributed by atoms with E-state index in [0.29, 0.717) is 5.92 Å². The highest BCUT2D eigenvalue weighted by Gasteiger charge is 2.50. The minimum absolute atomic E-state index is 0.107. The molecule has 3 aliphatic rings. The third-order valence-corrected chi connectivity index (χ3v) is 6.32. The van der Waals surface area contributed by atoms with Crippen molar-refractivity contribution in [2.45, 2.75) is 31.6 Å². The third-order valence-electron chi connectivity index (χ3n) is 5.40. The van der Waals surface area contributed by atoms with Gasteiger partial charge in [-0.05, 0) is 47.8 Å². The van der Waals surface area contributed by atoms with Crippen LogP contribution in [0.4, 0.5) is 11.4 Å². The summed E-state index contributed by atoms with van der Waals surface area (Å²) in [5, 5.41) is 20.3. The number of nitrogens with one attached hydrogen (secondary N) is 1. The number of fused-ring (bicyclic) bond motifs is 1. The first-order valence-electron chi connectivity index (χ1n) is 7.91. The monoisotopic (exact) mass is 364 g/mol. The molecule has 25 heavy (non-hydrogen) atoms. The number of nitrogens with zero attached hydrogens (tertiary/aromatic N) is 2. The van der Waals surface area contributed by atoms with E-state index in [9.17, 15) is 18.5 Å². The maximum Gasteiger partial charge on any atom is 0.295 e. The van der Waals surface area contributed by atoms with Crippen molar-refractivity contribution in [1.82, 2.24) is 0 Å². The quantitative estimate of drug-likeness (QED) is 0.471. The number of benzene rings is 1. The lowest BCUT2D eigenvalue weighted by molar-refractivity contribution is -0.384. The predicted molar refractivity (Wildman–Crippen MR) is 94.7 cm³/mol. The smallest absolute Gasteiger partial charge is 0.272 e. The van der Waals surface area contributed by atoms with Gasteiger partial charge in [-0.25, -0.2) is 13.6 Å². The van der Waals surface area contributed by atoms with Crippen molar-refractivity contribution in [2.75, 3.05) is 5.43 Å².